The van der Waals surface area contributed by atoms with Crippen LogP contribution in [0.3, 0.4) is 0 Å². The monoisotopic (exact) mass is 235 g/mol. The lowest BCUT2D eigenvalue weighted by molar-refractivity contribution is 0.243. The molecule has 0 aromatic carbocycles. The smallest absolute Gasteiger partial charge is 0.321 e. The molecule has 6 heteroatoms. The van der Waals surface area contributed by atoms with Crippen molar-refractivity contribution in [2.45, 2.75) is 26.8 Å². The number of carbonyl (C=O) groups is 1. The van der Waals surface area contributed by atoms with Gasteiger partial charge in [0.1, 0.15) is 0 Å². The van der Waals surface area contributed by atoms with Crippen LogP contribution in [0.4, 0.5) is 10.6 Å². The zero-order chi connectivity index (χ0) is 12.8. The maximum atomic E-state index is 11.3. The van der Waals surface area contributed by atoms with Crippen LogP contribution in [0, 0.1) is 6.92 Å². The number of urea groups is 1. The molecule has 0 bridgehead atoms. The number of hydrogen-bond acceptors (Lipinski definition) is 3. The van der Waals surface area contributed by atoms with E-state index in [-0.39, 0.29) is 18.0 Å². The van der Waals surface area contributed by atoms with Gasteiger partial charge in [-0.3, -0.25) is 5.32 Å². The van der Waals surface area contributed by atoms with Gasteiger partial charge in [0.05, 0.1) is 0 Å². The van der Waals surface area contributed by atoms with E-state index >= 15 is 0 Å². The first-order valence-corrected chi connectivity index (χ1v) is 5.32. The average Bonchev–Trinajstić information content (AvgIpc) is 2.19. The molecule has 0 saturated carbocycles. The van der Waals surface area contributed by atoms with E-state index in [1.54, 1.807) is 6.20 Å². The standard InChI is InChI=1S/C11H17N5O/c1-7(2)14-11(17)16-10(12)15-9-8(3)5-4-6-13-9/h4-7H,1-3H3,(H4,12,13,14,15,16,17). The lowest BCUT2D eigenvalue weighted by Gasteiger charge is -2.09. The summed E-state index contributed by atoms with van der Waals surface area (Å²) in [6.45, 7) is 5.58. The maximum absolute atomic E-state index is 11.3. The molecule has 17 heavy (non-hydrogen) atoms. The van der Waals surface area contributed by atoms with Gasteiger partial charge in [-0.25, -0.2) is 9.78 Å². The third kappa shape index (κ3) is 4.50. The van der Waals surface area contributed by atoms with Crippen molar-refractivity contribution in [3.05, 3.63) is 23.9 Å². The molecule has 1 rings (SSSR count). The third-order valence-electron chi connectivity index (χ3n) is 1.87. The quantitative estimate of drug-likeness (QED) is 0.528. The van der Waals surface area contributed by atoms with Gasteiger partial charge in [-0.2, -0.15) is 4.99 Å². The lowest BCUT2D eigenvalue weighted by Crippen LogP contribution is -2.45. The van der Waals surface area contributed by atoms with Crippen LogP contribution in [-0.2, 0) is 0 Å². The normalized spacial score (nSPS) is 11.4. The van der Waals surface area contributed by atoms with Crippen molar-refractivity contribution in [2.75, 3.05) is 0 Å². The fraction of sp³-hybridized carbons (Fsp3) is 0.364. The van der Waals surface area contributed by atoms with Gasteiger partial charge < -0.3 is 11.1 Å². The molecule has 0 saturated heterocycles. The first-order chi connectivity index (χ1) is 7.99. The van der Waals surface area contributed by atoms with Crippen molar-refractivity contribution in [1.29, 1.82) is 0 Å². The first kappa shape index (κ1) is 13.0. The summed E-state index contributed by atoms with van der Waals surface area (Å²) < 4.78 is 0. The number of nitrogens with two attached hydrogens (primary N) is 1. The van der Waals surface area contributed by atoms with Gasteiger partial charge in [0, 0.05) is 12.2 Å². The Morgan fingerprint density at radius 2 is 2.24 bits per heavy atom. The van der Waals surface area contributed by atoms with Crippen molar-refractivity contribution in [3.8, 4) is 0 Å². The van der Waals surface area contributed by atoms with Crippen LogP contribution in [0.5, 0.6) is 0 Å². The van der Waals surface area contributed by atoms with E-state index in [4.69, 9.17) is 5.73 Å². The summed E-state index contributed by atoms with van der Waals surface area (Å²) in [5, 5.41) is 5.07. The summed E-state index contributed by atoms with van der Waals surface area (Å²) >= 11 is 0. The van der Waals surface area contributed by atoms with Crippen molar-refractivity contribution in [1.82, 2.24) is 15.6 Å². The van der Waals surface area contributed by atoms with Crippen molar-refractivity contribution in [2.24, 2.45) is 10.7 Å². The summed E-state index contributed by atoms with van der Waals surface area (Å²) in [6, 6.07) is 3.34. The number of pyridine rings is 1. The van der Waals surface area contributed by atoms with Crippen LogP contribution in [-0.4, -0.2) is 23.0 Å². The molecule has 1 heterocycles. The molecule has 0 radical (unpaired) electrons. The highest BCUT2D eigenvalue weighted by Gasteiger charge is 2.04. The van der Waals surface area contributed by atoms with E-state index in [0.717, 1.165) is 5.56 Å². The average molecular weight is 235 g/mol. The fourth-order valence-electron chi connectivity index (χ4n) is 1.15. The molecule has 4 N–H and O–H groups in total. The van der Waals surface area contributed by atoms with Gasteiger partial charge in [-0.05, 0) is 32.4 Å². The molecular formula is C11H17N5O. The summed E-state index contributed by atoms with van der Waals surface area (Å²) in [4.78, 5) is 19.4. The second kappa shape index (κ2) is 5.83. The first-order valence-electron chi connectivity index (χ1n) is 5.32. The van der Waals surface area contributed by atoms with Gasteiger partial charge in [0.25, 0.3) is 0 Å². The summed E-state index contributed by atoms with van der Waals surface area (Å²) in [7, 11) is 0. The van der Waals surface area contributed by atoms with Crippen LogP contribution < -0.4 is 16.4 Å². The minimum Gasteiger partial charge on any atom is -0.369 e. The molecule has 0 unspecified atom stereocenters. The molecule has 1 aromatic rings. The summed E-state index contributed by atoms with van der Waals surface area (Å²) in [5.74, 6) is 0.514. The summed E-state index contributed by atoms with van der Waals surface area (Å²) in [5.41, 5.74) is 6.48. The lowest BCUT2D eigenvalue weighted by atomic mass is 10.3. The van der Waals surface area contributed by atoms with Crippen LogP contribution >= 0.6 is 0 Å². The van der Waals surface area contributed by atoms with Crippen molar-refractivity contribution < 1.29 is 4.79 Å². The molecule has 0 atom stereocenters. The Morgan fingerprint density at radius 3 is 2.82 bits per heavy atom. The topological polar surface area (TPSA) is 92.4 Å². The van der Waals surface area contributed by atoms with Crippen LogP contribution in [0.15, 0.2) is 23.3 Å². The van der Waals surface area contributed by atoms with Crippen molar-refractivity contribution in [3.63, 3.8) is 0 Å². The number of nitrogens with zero attached hydrogens (tertiary/aromatic N) is 2. The number of aliphatic imine (C=N–C) groups is 1. The second-order valence-corrected chi connectivity index (χ2v) is 3.89. The number of aromatic nitrogens is 1. The fourth-order valence-corrected chi connectivity index (χ4v) is 1.15. The predicted molar refractivity (Wildman–Crippen MR) is 67.1 cm³/mol. The molecule has 0 aliphatic rings. The highest BCUT2D eigenvalue weighted by Crippen LogP contribution is 2.12. The second-order valence-electron chi connectivity index (χ2n) is 3.89. The van der Waals surface area contributed by atoms with E-state index in [1.165, 1.54) is 0 Å². The van der Waals surface area contributed by atoms with Crippen LogP contribution in [0.25, 0.3) is 0 Å². The number of rotatable bonds is 2. The van der Waals surface area contributed by atoms with E-state index in [0.29, 0.717) is 5.82 Å². The van der Waals surface area contributed by atoms with E-state index in [1.807, 2.05) is 32.9 Å². The molecule has 1 aromatic heterocycles. The van der Waals surface area contributed by atoms with Gasteiger partial charge in [-0.15, -0.1) is 0 Å². The molecule has 0 fully saturated rings. The van der Waals surface area contributed by atoms with E-state index in [9.17, 15) is 4.79 Å². The zero-order valence-electron chi connectivity index (χ0n) is 10.2. The Balaban J connectivity index is 2.67. The van der Waals surface area contributed by atoms with Crippen molar-refractivity contribution >= 4 is 17.8 Å². The highest BCUT2D eigenvalue weighted by atomic mass is 16.2. The largest absolute Gasteiger partial charge is 0.369 e. The molecule has 6 nitrogen and oxygen atoms in total. The Hall–Kier alpha value is -2.11. The minimum atomic E-state index is -0.380. The molecule has 0 aliphatic carbocycles. The van der Waals surface area contributed by atoms with E-state index in [2.05, 4.69) is 20.6 Å². The minimum absolute atomic E-state index is 0.0185. The molecule has 0 aliphatic heterocycles. The highest BCUT2D eigenvalue weighted by molar-refractivity contribution is 5.96. The summed E-state index contributed by atoms with van der Waals surface area (Å²) in [6.07, 6.45) is 1.62. The van der Waals surface area contributed by atoms with Gasteiger partial charge in [-0.1, -0.05) is 6.07 Å². The Kier molecular flexibility index (Phi) is 4.45. The van der Waals surface area contributed by atoms with Gasteiger partial charge in [0.15, 0.2) is 5.82 Å². The number of guanidine groups is 1. The number of carbonyl (C=O) groups excluding carboxylic acids is 1. The SMILES string of the molecule is Cc1cccnc1/N=C(\N)NC(=O)NC(C)C. The number of nitrogens with one attached hydrogen (secondary N) is 2. The maximum Gasteiger partial charge on any atom is 0.321 e. The zero-order valence-corrected chi connectivity index (χ0v) is 10.2. The van der Waals surface area contributed by atoms with Crippen LogP contribution in [0.2, 0.25) is 0 Å². The van der Waals surface area contributed by atoms with Crippen LogP contribution in [0.1, 0.15) is 19.4 Å². The molecular weight excluding hydrogens is 218 g/mol. The van der Waals surface area contributed by atoms with E-state index < -0.39 is 0 Å². The molecule has 92 valence electrons. The number of amides is 2. The molecule has 2 amide bonds. The number of aryl methyl sites for hydroxylation is 1. The Labute approximate surface area is 100 Å². The third-order valence-corrected chi connectivity index (χ3v) is 1.87. The molecule has 0 spiro atoms. The predicted octanol–water partition coefficient (Wildman–Crippen LogP) is 1.04. The van der Waals surface area contributed by atoms with Gasteiger partial charge >= 0.3 is 6.03 Å². The Bertz CT molecular complexity index is 428. The Morgan fingerprint density at radius 1 is 1.53 bits per heavy atom. The van der Waals surface area contributed by atoms with Gasteiger partial charge in [0.2, 0.25) is 5.96 Å². The number of hydrogen-bond donors (Lipinski definition) is 3.